The molecule has 0 saturated heterocycles. The smallest absolute Gasteiger partial charge is 0.230 e. The fourth-order valence-corrected chi connectivity index (χ4v) is 3.42. The monoisotopic (exact) mass is 372 g/mol. The first-order chi connectivity index (χ1) is 11.2. The van der Waals surface area contributed by atoms with Gasteiger partial charge >= 0.3 is 0 Å². The number of carbonyl (C=O) groups excluding carboxylic acids is 1. The SMILES string of the molecule is COCCNc1nnc(SCC(=O)NCc2ccccc2Cl)s1. The molecule has 2 aromatic rings. The van der Waals surface area contributed by atoms with E-state index in [9.17, 15) is 4.79 Å². The average molecular weight is 373 g/mol. The first-order valence-electron chi connectivity index (χ1n) is 6.88. The van der Waals surface area contributed by atoms with Gasteiger partial charge in [0, 0.05) is 25.2 Å². The maximum absolute atomic E-state index is 11.9. The van der Waals surface area contributed by atoms with Gasteiger partial charge in [-0.15, -0.1) is 10.2 Å². The second kappa shape index (κ2) is 9.71. The van der Waals surface area contributed by atoms with Crippen LogP contribution in [0, 0.1) is 0 Å². The fourth-order valence-electron chi connectivity index (χ4n) is 1.61. The summed E-state index contributed by atoms with van der Waals surface area (Å²) < 4.78 is 5.70. The highest BCUT2D eigenvalue weighted by Gasteiger charge is 2.08. The van der Waals surface area contributed by atoms with Crippen molar-refractivity contribution in [3.8, 4) is 0 Å². The van der Waals surface area contributed by atoms with E-state index in [1.165, 1.54) is 23.1 Å². The number of anilines is 1. The minimum atomic E-state index is -0.0704. The molecule has 0 atom stereocenters. The van der Waals surface area contributed by atoms with Gasteiger partial charge in [0.1, 0.15) is 0 Å². The number of ether oxygens (including phenoxy) is 1. The summed E-state index contributed by atoms with van der Waals surface area (Å²) in [6.07, 6.45) is 0. The third-order valence-electron chi connectivity index (χ3n) is 2.75. The molecular formula is C14H17ClN4O2S2. The second-order valence-corrected chi connectivity index (χ2v) is 7.06. The Hall–Kier alpha value is -1.35. The molecule has 1 aromatic heterocycles. The van der Waals surface area contributed by atoms with Crippen LogP contribution < -0.4 is 10.6 Å². The van der Waals surface area contributed by atoms with Crippen molar-refractivity contribution in [2.24, 2.45) is 0 Å². The van der Waals surface area contributed by atoms with E-state index in [0.717, 1.165) is 15.0 Å². The van der Waals surface area contributed by atoms with Crippen molar-refractivity contribution in [1.82, 2.24) is 15.5 Å². The van der Waals surface area contributed by atoms with Crippen molar-refractivity contribution in [3.05, 3.63) is 34.9 Å². The Morgan fingerprint density at radius 3 is 3.00 bits per heavy atom. The molecule has 0 bridgehead atoms. The number of amides is 1. The largest absolute Gasteiger partial charge is 0.383 e. The van der Waals surface area contributed by atoms with E-state index in [2.05, 4.69) is 20.8 Å². The molecule has 124 valence electrons. The van der Waals surface area contributed by atoms with Crippen LogP contribution in [-0.2, 0) is 16.1 Å². The van der Waals surface area contributed by atoms with Crippen LogP contribution in [0.4, 0.5) is 5.13 Å². The molecule has 0 saturated carbocycles. The van der Waals surface area contributed by atoms with Crippen LogP contribution in [0.15, 0.2) is 28.6 Å². The van der Waals surface area contributed by atoms with E-state index in [1.807, 2.05) is 18.2 Å². The summed E-state index contributed by atoms with van der Waals surface area (Å²) in [5, 5.41) is 15.3. The highest BCUT2D eigenvalue weighted by atomic mass is 35.5. The van der Waals surface area contributed by atoms with Crippen molar-refractivity contribution in [3.63, 3.8) is 0 Å². The van der Waals surface area contributed by atoms with Crippen LogP contribution in [0.25, 0.3) is 0 Å². The van der Waals surface area contributed by atoms with E-state index < -0.39 is 0 Å². The van der Waals surface area contributed by atoms with Gasteiger partial charge in [0.25, 0.3) is 0 Å². The number of carbonyl (C=O) groups is 1. The van der Waals surface area contributed by atoms with Gasteiger partial charge in [-0.25, -0.2) is 0 Å². The lowest BCUT2D eigenvalue weighted by Gasteiger charge is -2.05. The average Bonchev–Trinajstić information content (AvgIpc) is 3.00. The van der Waals surface area contributed by atoms with Gasteiger partial charge in [0.2, 0.25) is 11.0 Å². The molecule has 0 unspecified atom stereocenters. The zero-order valence-corrected chi connectivity index (χ0v) is 14.9. The fraction of sp³-hybridized carbons (Fsp3) is 0.357. The number of hydrogen-bond acceptors (Lipinski definition) is 7. The van der Waals surface area contributed by atoms with Crippen molar-refractivity contribution in [1.29, 1.82) is 0 Å². The Morgan fingerprint density at radius 1 is 1.39 bits per heavy atom. The van der Waals surface area contributed by atoms with Crippen molar-refractivity contribution >= 4 is 45.7 Å². The summed E-state index contributed by atoms with van der Waals surface area (Å²) in [4.78, 5) is 11.9. The normalized spacial score (nSPS) is 10.5. The summed E-state index contributed by atoms with van der Waals surface area (Å²) in [7, 11) is 1.64. The number of hydrogen-bond donors (Lipinski definition) is 2. The van der Waals surface area contributed by atoms with Gasteiger partial charge in [-0.05, 0) is 11.6 Å². The van der Waals surface area contributed by atoms with Crippen LogP contribution in [0.1, 0.15) is 5.56 Å². The minimum Gasteiger partial charge on any atom is -0.383 e. The molecule has 0 radical (unpaired) electrons. The Balaban J connectivity index is 1.71. The van der Waals surface area contributed by atoms with E-state index in [4.69, 9.17) is 16.3 Å². The van der Waals surface area contributed by atoms with Gasteiger partial charge in [0.05, 0.1) is 12.4 Å². The van der Waals surface area contributed by atoms with Crippen LogP contribution in [0.3, 0.4) is 0 Å². The molecule has 23 heavy (non-hydrogen) atoms. The van der Waals surface area contributed by atoms with Crippen LogP contribution in [0.5, 0.6) is 0 Å². The van der Waals surface area contributed by atoms with Gasteiger partial charge in [-0.1, -0.05) is 52.9 Å². The molecule has 0 aliphatic carbocycles. The van der Waals surface area contributed by atoms with E-state index in [-0.39, 0.29) is 11.7 Å². The molecule has 6 nitrogen and oxygen atoms in total. The number of halogens is 1. The lowest BCUT2D eigenvalue weighted by molar-refractivity contribution is -0.118. The number of methoxy groups -OCH3 is 1. The van der Waals surface area contributed by atoms with Crippen LogP contribution in [-0.4, -0.2) is 42.1 Å². The van der Waals surface area contributed by atoms with Gasteiger partial charge in [0.15, 0.2) is 4.34 Å². The van der Waals surface area contributed by atoms with Crippen molar-refractivity contribution < 1.29 is 9.53 Å². The number of nitrogens with one attached hydrogen (secondary N) is 2. The molecule has 0 spiro atoms. The summed E-state index contributed by atoms with van der Waals surface area (Å²) in [5.41, 5.74) is 0.896. The molecule has 9 heteroatoms. The molecule has 1 amide bonds. The zero-order valence-electron chi connectivity index (χ0n) is 12.5. The number of thioether (sulfide) groups is 1. The number of rotatable bonds is 9. The standard InChI is InChI=1S/C14H17ClN4O2S2/c1-21-7-6-16-13-18-19-14(23-13)22-9-12(20)17-8-10-4-2-3-5-11(10)15/h2-5H,6-9H2,1H3,(H,16,18)(H,17,20). The minimum absolute atomic E-state index is 0.0704. The summed E-state index contributed by atoms with van der Waals surface area (Å²) in [6.45, 7) is 1.69. The zero-order chi connectivity index (χ0) is 16.5. The first-order valence-corrected chi connectivity index (χ1v) is 9.06. The highest BCUT2D eigenvalue weighted by Crippen LogP contribution is 2.25. The predicted octanol–water partition coefficient (Wildman–Crippen LogP) is 2.66. The molecule has 2 N–H and O–H groups in total. The number of benzene rings is 1. The van der Waals surface area contributed by atoms with Crippen molar-refractivity contribution in [2.45, 2.75) is 10.9 Å². The topological polar surface area (TPSA) is 76.1 Å². The van der Waals surface area contributed by atoms with Crippen LogP contribution in [0.2, 0.25) is 5.02 Å². The van der Waals surface area contributed by atoms with E-state index in [1.54, 1.807) is 13.2 Å². The Bertz CT molecular complexity index is 639. The highest BCUT2D eigenvalue weighted by molar-refractivity contribution is 8.01. The molecule has 0 aliphatic heterocycles. The van der Waals surface area contributed by atoms with Crippen molar-refractivity contribution in [2.75, 3.05) is 31.3 Å². The number of nitrogens with zero attached hydrogens (tertiary/aromatic N) is 2. The summed E-state index contributed by atoms with van der Waals surface area (Å²) >= 11 is 8.82. The molecule has 0 aliphatic rings. The lowest BCUT2D eigenvalue weighted by atomic mass is 10.2. The second-order valence-electron chi connectivity index (χ2n) is 4.45. The third kappa shape index (κ3) is 6.34. The third-order valence-corrected chi connectivity index (χ3v) is 5.13. The molecule has 0 fully saturated rings. The van der Waals surface area contributed by atoms with Crippen LogP contribution >= 0.6 is 34.7 Å². The Kier molecular flexibility index (Phi) is 7.60. The maximum Gasteiger partial charge on any atom is 0.230 e. The predicted molar refractivity (Wildman–Crippen MR) is 94.3 cm³/mol. The quantitative estimate of drug-likeness (QED) is 0.520. The van der Waals surface area contributed by atoms with Gasteiger partial charge in [-0.3, -0.25) is 4.79 Å². The van der Waals surface area contributed by atoms with Gasteiger partial charge < -0.3 is 15.4 Å². The molecule has 1 aromatic carbocycles. The summed E-state index contributed by atoms with van der Waals surface area (Å²) in [6, 6.07) is 7.44. The Morgan fingerprint density at radius 2 is 2.22 bits per heavy atom. The lowest BCUT2D eigenvalue weighted by Crippen LogP contribution is -2.24. The maximum atomic E-state index is 11.9. The summed E-state index contributed by atoms with van der Waals surface area (Å²) in [5.74, 6) is 0.218. The first kappa shape index (κ1) is 18.0. The van der Waals surface area contributed by atoms with Gasteiger partial charge in [-0.2, -0.15) is 0 Å². The molecule has 2 rings (SSSR count). The van der Waals surface area contributed by atoms with E-state index in [0.29, 0.717) is 24.7 Å². The van der Waals surface area contributed by atoms with E-state index >= 15 is 0 Å². The number of aromatic nitrogens is 2. The molecule has 1 heterocycles. The Labute approximate surface area is 148 Å². The molecular weight excluding hydrogens is 356 g/mol.